The number of hydrogen-bond acceptors (Lipinski definition) is 1. The second kappa shape index (κ2) is 6.01. The molecule has 1 aromatic heterocycles. The van der Waals surface area contributed by atoms with Crippen LogP contribution in [0.2, 0.25) is 0 Å². The van der Waals surface area contributed by atoms with Crippen molar-refractivity contribution >= 4 is 0 Å². The van der Waals surface area contributed by atoms with E-state index in [1.54, 1.807) is 0 Å². The molecule has 3 heteroatoms. The topological polar surface area (TPSA) is 8.17 Å². The molecule has 2 aromatic carbocycles. The van der Waals surface area contributed by atoms with Crippen LogP contribution >= 0.6 is 0 Å². The third-order valence-corrected chi connectivity index (χ3v) is 4.51. The van der Waals surface area contributed by atoms with Crippen LogP contribution in [0.25, 0.3) is 11.1 Å². The van der Waals surface area contributed by atoms with Gasteiger partial charge < -0.3 is 4.57 Å². The minimum absolute atomic E-state index is 0.187. The van der Waals surface area contributed by atoms with E-state index in [2.05, 4.69) is 52.1 Å². The van der Waals surface area contributed by atoms with Gasteiger partial charge in [-0.25, -0.2) is 4.39 Å². The Morgan fingerprint density at radius 1 is 0.870 bits per heavy atom. The third-order valence-electron chi connectivity index (χ3n) is 4.51. The first kappa shape index (κ1) is 14.2. The van der Waals surface area contributed by atoms with Gasteiger partial charge in [0.25, 0.3) is 0 Å². The Morgan fingerprint density at radius 2 is 1.65 bits per heavy atom. The number of halogens is 1. The van der Waals surface area contributed by atoms with Crippen molar-refractivity contribution in [2.45, 2.75) is 19.6 Å². The lowest BCUT2D eigenvalue weighted by atomic mass is 10.0. The molecule has 0 saturated heterocycles. The Balaban J connectivity index is 1.59. The SMILES string of the molecule is Fc1ccc(-c2ccn3c2CN(Cc2ccccc2)CC3)cc1. The van der Waals surface area contributed by atoms with Crippen molar-refractivity contribution < 1.29 is 4.39 Å². The van der Waals surface area contributed by atoms with E-state index in [4.69, 9.17) is 0 Å². The normalized spacial score (nSPS) is 14.7. The average Bonchev–Trinajstić information content (AvgIpc) is 3.00. The van der Waals surface area contributed by atoms with Crippen LogP contribution in [0, 0.1) is 5.82 Å². The molecule has 116 valence electrons. The summed E-state index contributed by atoms with van der Waals surface area (Å²) >= 11 is 0. The maximum absolute atomic E-state index is 13.2. The molecule has 4 rings (SSSR count). The van der Waals surface area contributed by atoms with Gasteiger partial charge in [-0.15, -0.1) is 0 Å². The Hall–Kier alpha value is -2.39. The lowest BCUT2D eigenvalue weighted by molar-refractivity contribution is 0.213. The molecule has 0 bridgehead atoms. The molecule has 1 aliphatic rings. The number of rotatable bonds is 3. The monoisotopic (exact) mass is 306 g/mol. The van der Waals surface area contributed by atoms with Crippen LogP contribution in [0.1, 0.15) is 11.3 Å². The van der Waals surface area contributed by atoms with Gasteiger partial charge in [-0.3, -0.25) is 4.90 Å². The molecule has 1 aliphatic heterocycles. The van der Waals surface area contributed by atoms with Crippen LogP contribution in [-0.4, -0.2) is 16.0 Å². The number of benzene rings is 2. The summed E-state index contributed by atoms with van der Waals surface area (Å²) in [4.78, 5) is 2.47. The summed E-state index contributed by atoms with van der Waals surface area (Å²) in [7, 11) is 0. The minimum atomic E-state index is -0.187. The molecule has 0 fully saturated rings. The van der Waals surface area contributed by atoms with E-state index in [1.165, 1.54) is 29.0 Å². The number of nitrogens with zero attached hydrogens (tertiary/aromatic N) is 2. The van der Waals surface area contributed by atoms with Gasteiger partial charge in [-0.05, 0) is 29.3 Å². The van der Waals surface area contributed by atoms with Crippen molar-refractivity contribution in [3.05, 3.63) is 83.9 Å². The van der Waals surface area contributed by atoms with Gasteiger partial charge in [0, 0.05) is 43.6 Å². The van der Waals surface area contributed by atoms with E-state index < -0.39 is 0 Å². The van der Waals surface area contributed by atoms with Crippen molar-refractivity contribution in [2.75, 3.05) is 6.54 Å². The summed E-state index contributed by atoms with van der Waals surface area (Å²) in [6.45, 7) is 3.95. The first-order chi connectivity index (χ1) is 11.3. The molecule has 0 N–H and O–H groups in total. The lowest BCUT2D eigenvalue weighted by Gasteiger charge is -2.29. The zero-order chi connectivity index (χ0) is 15.6. The quantitative estimate of drug-likeness (QED) is 0.700. The van der Waals surface area contributed by atoms with Crippen LogP contribution in [0.5, 0.6) is 0 Å². The van der Waals surface area contributed by atoms with Gasteiger partial charge >= 0.3 is 0 Å². The molecule has 0 radical (unpaired) electrons. The highest BCUT2D eigenvalue weighted by Gasteiger charge is 2.19. The maximum Gasteiger partial charge on any atom is 0.123 e. The van der Waals surface area contributed by atoms with E-state index in [9.17, 15) is 4.39 Å². The fourth-order valence-corrected chi connectivity index (χ4v) is 3.30. The zero-order valence-corrected chi connectivity index (χ0v) is 13.0. The van der Waals surface area contributed by atoms with Gasteiger partial charge in [0.05, 0.1) is 0 Å². The smallest absolute Gasteiger partial charge is 0.123 e. The standard InChI is InChI=1S/C20H19FN2/c21-18-8-6-17(7-9-18)19-10-11-23-13-12-22(15-20(19)23)14-16-4-2-1-3-5-16/h1-11H,12-15H2. The largest absolute Gasteiger partial charge is 0.348 e. The second-order valence-electron chi connectivity index (χ2n) is 6.07. The highest BCUT2D eigenvalue weighted by atomic mass is 19.1. The summed E-state index contributed by atoms with van der Waals surface area (Å²) in [5, 5.41) is 0. The first-order valence-corrected chi connectivity index (χ1v) is 8.00. The van der Waals surface area contributed by atoms with Crippen molar-refractivity contribution in [2.24, 2.45) is 0 Å². The molecular formula is C20H19FN2. The van der Waals surface area contributed by atoms with Gasteiger partial charge in [-0.2, -0.15) is 0 Å². The van der Waals surface area contributed by atoms with E-state index in [-0.39, 0.29) is 5.82 Å². The molecular weight excluding hydrogens is 287 g/mol. The number of fused-ring (bicyclic) bond motifs is 1. The van der Waals surface area contributed by atoms with Gasteiger partial charge in [0.15, 0.2) is 0 Å². The van der Waals surface area contributed by atoms with Crippen molar-refractivity contribution in [3.8, 4) is 11.1 Å². The van der Waals surface area contributed by atoms with Gasteiger partial charge in [-0.1, -0.05) is 42.5 Å². The molecule has 23 heavy (non-hydrogen) atoms. The maximum atomic E-state index is 13.2. The highest BCUT2D eigenvalue weighted by molar-refractivity contribution is 5.66. The minimum Gasteiger partial charge on any atom is -0.348 e. The van der Waals surface area contributed by atoms with Gasteiger partial charge in [0.2, 0.25) is 0 Å². The summed E-state index contributed by atoms with van der Waals surface area (Å²) in [5.74, 6) is -0.187. The lowest BCUT2D eigenvalue weighted by Crippen LogP contribution is -2.32. The molecule has 0 unspecified atom stereocenters. The molecule has 0 aliphatic carbocycles. The first-order valence-electron chi connectivity index (χ1n) is 8.00. The predicted molar refractivity (Wildman–Crippen MR) is 90.4 cm³/mol. The van der Waals surface area contributed by atoms with E-state index in [0.29, 0.717) is 0 Å². The van der Waals surface area contributed by atoms with Crippen LogP contribution in [0.15, 0.2) is 66.9 Å². The molecule has 2 nitrogen and oxygen atoms in total. The van der Waals surface area contributed by atoms with Crippen LogP contribution in [0.3, 0.4) is 0 Å². The summed E-state index contributed by atoms with van der Waals surface area (Å²) in [6.07, 6.45) is 2.15. The second-order valence-corrected chi connectivity index (χ2v) is 6.07. The van der Waals surface area contributed by atoms with E-state index in [1.807, 2.05) is 12.1 Å². The molecule has 0 atom stereocenters. The van der Waals surface area contributed by atoms with Crippen LogP contribution in [-0.2, 0) is 19.6 Å². The van der Waals surface area contributed by atoms with Gasteiger partial charge in [0.1, 0.15) is 5.82 Å². The fraction of sp³-hybridized carbons (Fsp3) is 0.200. The summed E-state index contributed by atoms with van der Waals surface area (Å²) < 4.78 is 15.5. The average molecular weight is 306 g/mol. The molecule has 0 spiro atoms. The third kappa shape index (κ3) is 2.92. The Labute approximate surface area is 135 Å². The highest BCUT2D eigenvalue weighted by Crippen LogP contribution is 2.29. The Morgan fingerprint density at radius 3 is 2.43 bits per heavy atom. The molecule has 2 heterocycles. The van der Waals surface area contributed by atoms with Crippen molar-refractivity contribution in [1.29, 1.82) is 0 Å². The van der Waals surface area contributed by atoms with E-state index in [0.717, 1.165) is 31.7 Å². The van der Waals surface area contributed by atoms with Crippen LogP contribution < -0.4 is 0 Å². The fourth-order valence-electron chi connectivity index (χ4n) is 3.30. The van der Waals surface area contributed by atoms with Crippen molar-refractivity contribution in [3.63, 3.8) is 0 Å². The van der Waals surface area contributed by atoms with Crippen LogP contribution in [0.4, 0.5) is 4.39 Å². The number of hydrogen-bond donors (Lipinski definition) is 0. The summed E-state index contributed by atoms with van der Waals surface area (Å²) in [6, 6.07) is 19.5. The molecule has 0 saturated carbocycles. The molecule has 3 aromatic rings. The predicted octanol–water partition coefficient (Wildman–Crippen LogP) is 4.31. The van der Waals surface area contributed by atoms with Crippen molar-refractivity contribution in [1.82, 2.24) is 9.47 Å². The molecule has 0 amide bonds. The zero-order valence-electron chi connectivity index (χ0n) is 13.0. The number of aromatic nitrogens is 1. The Kier molecular flexibility index (Phi) is 3.72. The Bertz CT molecular complexity index is 790. The van der Waals surface area contributed by atoms with E-state index >= 15 is 0 Å². The summed E-state index contributed by atoms with van der Waals surface area (Å²) in [5.41, 5.74) is 4.96.